The number of rotatable bonds is 8. The van der Waals surface area contributed by atoms with Gasteiger partial charge in [-0.1, -0.05) is 19.4 Å². The maximum absolute atomic E-state index is 12.6. The van der Waals surface area contributed by atoms with Crippen LogP contribution in [0.3, 0.4) is 0 Å². The first-order valence-corrected chi connectivity index (χ1v) is 11.2. The Morgan fingerprint density at radius 2 is 2.06 bits per heavy atom. The van der Waals surface area contributed by atoms with E-state index in [1.807, 2.05) is 17.0 Å². The summed E-state index contributed by atoms with van der Waals surface area (Å²) in [6, 6.07) is 3.93. The molecule has 1 aromatic rings. The number of guanidine groups is 1. The molecule has 1 aromatic heterocycles. The zero-order valence-corrected chi connectivity index (χ0v) is 21.0. The molecular weight excluding hydrogens is 509 g/mol. The Bertz CT molecular complexity index is 704. The summed E-state index contributed by atoms with van der Waals surface area (Å²) < 4.78 is 11.4. The monoisotopic (exact) mass is 545 g/mol. The van der Waals surface area contributed by atoms with Crippen LogP contribution < -0.4 is 10.1 Å². The molecule has 8 nitrogen and oxygen atoms in total. The molecule has 0 aromatic carbocycles. The number of aromatic nitrogens is 1. The van der Waals surface area contributed by atoms with Crippen LogP contribution in [-0.4, -0.2) is 78.7 Å². The van der Waals surface area contributed by atoms with Crippen LogP contribution in [0.1, 0.15) is 45.1 Å². The maximum Gasteiger partial charge on any atom is 0.251 e. The van der Waals surface area contributed by atoms with E-state index in [4.69, 9.17) is 14.5 Å². The highest BCUT2D eigenvalue weighted by Crippen LogP contribution is 2.18. The van der Waals surface area contributed by atoms with Gasteiger partial charge < -0.3 is 24.6 Å². The van der Waals surface area contributed by atoms with Crippen LogP contribution in [0.15, 0.2) is 23.3 Å². The molecule has 0 aliphatic carbocycles. The van der Waals surface area contributed by atoms with Crippen molar-refractivity contribution in [3.8, 4) is 5.88 Å². The Balaban J connectivity index is 0.00000341. The van der Waals surface area contributed by atoms with Crippen molar-refractivity contribution >= 4 is 35.8 Å². The van der Waals surface area contributed by atoms with Crippen molar-refractivity contribution in [1.82, 2.24) is 20.1 Å². The molecule has 1 atom stereocenters. The van der Waals surface area contributed by atoms with Crippen LogP contribution in [0.5, 0.6) is 5.88 Å². The predicted octanol–water partition coefficient (Wildman–Crippen LogP) is 2.67. The SMILES string of the molecule is CCCCOc1ncccc1CN=C(NCC)N1CCN(C(=O)C2CCCO2)CC1.I. The zero-order chi connectivity index (χ0) is 21.2. The molecule has 0 spiro atoms. The van der Waals surface area contributed by atoms with Crippen molar-refractivity contribution in [3.05, 3.63) is 23.9 Å². The van der Waals surface area contributed by atoms with E-state index in [0.717, 1.165) is 56.8 Å². The number of carbonyl (C=O) groups is 1. The van der Waals surface area contributed by atoms with Crippen LogP contribution in [-0.2, 0) is 16.1 Å². The average molecular weight is 545 g/mol. The van der Waals surface area contributed by atoms with Gasteiger partial charge in [-0.05, 0) is 32.3 Å². The van der Waals surface area contributed by atoms with Crippen LogP contribution in [0.2, 0.25) is 0 Å². The number of amides is 1. The first-order valence-electron chi connectivity index (χ1n) is 11.2. The molecule has 0 saturated carbocycles. The van der Waals surface area contributed by atoms with Gasteiger partial charge in [-0.15, -0.1) is 24.0 Å². The molecule has 1 N–H and O–H groups in total. The fraction of sp³-hybridized carbons (Fsp3) is 0.682. The summed E-state index contributed by atoms with van der Waals surface area (Å²) in [4.78, 5) is 25.9. The second-order valence-electron chi connectivity index (χ2n) is 7.65. The minimum atomic E-state index is -0.241. The summed E-state index contributed by atoms with van der Waals surface area (Å²) >= 11 is 0. The summed E-state index contributed by atoms with van der Waals surface area (Å²) in [5.74, 6) is 1.67. The molecule has 2 saturated heterocycles. The first-order chi connectivity index (χ1) is 14.7. The standard InChI is InChI=1S/C22H35N5O3.HI/c1-3-5-15-30-20-18(8-6-10-24-20)17-25-22(23-4-2)27-13-11-26(12-14-27)21(28)19-9-7-16-29-19;/h6,8,10,19H,3-5,7,9,11-17H2,1-2H3,(H,23,25);1H. The third-order valence-electron chi connectivity index (χ3n) is 5.42. The van der Waals surface area contributed by atoms with E-state index in [1.165, 1.54) is 0 Å². The van der Waals surface area contributed by atoms with Crippen molar-refractivity contribution in [2.24, 2.45) is 4.99 Å². The van der Waals surface area contributed by atoms with Crippen molar-refractivity contribution in [1.29, 1.82) is 0 Å². The molecule has 1 amide bonds. The van der Waals surface area contributed by atoms with Gasteiger partial charge >= 0.3 is 0 Å². The summed E-state index contributed by atoms with van der Waals surface area (Å²) in [6.45, 7) is 9.79. The smallest absolute Gasteiger partial charge is 0.251 e. The topological polar surface area (TPSA) is 79.3 Å². The van der Waals surface area contributed by atoms with Crippen molar-refractivity contribution in [3.63, 3.8) is 0 Å². The van der Waals surface area contributed by atoms with E-state index in [2.05, 4.69) is 29.0 Å². The molecule has 3 heterocycles. The van der Waals surface area contributed by atoms with E-state index in [-0.39, 0.29) is 36.0 Å². The number of pyridine rings is 1. The minimum absolute atomic E-state index is 0. The average Bonchev–Trinajstić information content (AvgIpc) is 3.32. The quantitative estimate of drug-likeness (QED) is 0.234. The van der Waals surface area contributed by atoms with E-state index in [9.17, 15) is 4.79 Å². The van der Waals surface area contributed by atoms with E-state index in [1.54, 1.807) is 6.20 Å². The van der Waals surface area contributed by atoms with Gasteiger partial charge in [-0.3, -0.25) is 4.79 Å². The van der Waals surface area contributed by atoms with Gasteiger partial charge in [0.05, 0.1) is 13.2 Å². The van der Waals surface area contributed by atoms with Crippen LogP contribution in [0.25, 0.3) is 0 Å². The lowest BCUT2D eigenvalue weighted by molar-refractivity contribution is -0.142. The highest BCUT2D eigenvalue weighted by molar-refractivity contribution is 14.0. The molecule has 1 unspecified atom stereocenters. The van der Waals surface area contributed by atoms with Gasteiger partial charge in [0.15, 0.2) is 5.96 Å². The zero-order valence-electron chi connectivity index (χ0n) is 18.7. The highest BCUT2D eigenvalue weighted by Gasteiger charge is 2.30. The number of halogens is 1. The second kappa shape index (κ2) is 13.7. The lowest BCUT2D eigenvalue weighted by Gasteiger charge is -2.37. The van der Waals surface area contributed by atoms with Gasteiger partial charge in [0.2, 0.25) is 5.88 Å². The number of nitrogens with one attached hydrogen (secondary N) is 1. The van der Waals surface area contributed by atoms with E-state index in [0.29, 0.717) is 38.7 Å². The molecule has 0 radical (unpaired) electrons. The van der Waals surface area contributed by atoms with E-state index >= 15 is 0 Å². The fourth-order valence-corrected chi connectivity index (χ4v) is 3.69. The van der Waals surface area contributed by atoms with Crippen LogP contribution in [0, 0.1) is 0 Å². The molecular formula is C22H36IN5O3. The van der Waals surface area contributed by atoms with E-state index < -0.39 is 0 Å². The molecule has 31 heavy (non-hydrogen) atoms. The molecule has 2 aliphatic rings. The molecule has 2 fully saturated rings. The first kappa shape index (κ1) is 25.6. The molecule has 2 aliphatic heterocycles. The molecule has 9 heteroatoms. The van der Waals surface area contributed by atoms with Crippen molar-refractivity contribution in [2.45, 2.75) is 52.2 Å². The molecule has 174 valence electrons. The Hall–Kier alpha value is -1.62. The number of hydrogen-bond acceptors (Lipinski definition) is 5. The lowest BCUT2D eigenvalue weighted by atomic mass is 10.2. The highest BCUT2D eigenvalue weighted by atomic mass is 127. The Morgan fingerprint density at radius 3 is 2.74 bits per heavy atom. The number of ether oxygens (including phenoxy) is 2. The maximum atomic E-state index is 12.6. The fourth-order valence-electron chi connectivity index (χ4n) is 3.69. The number of nitrogens with zero attached hydrogens (tertiary/aromatic N) is 4. The van der Waals surface area contributed by atoms with Crippen molar-refractivity contribution < 1.29 is 14.3 Å². The normalized spacial score (nSPS) is 19.2. The van der Waals surface area contributed by atoms with Gasteiger partial charge in [-0.2, -0.15) is 0 Å². The summed E-state index contributed by atoms with van der Waals surface area (Å²) in [6.07, 6.45) is 5.44. The predicted molar refractivity (Wildman–Crippen MR) is 132 cm³/mol. The third-order valence-corrected chi connectivity index (χ3v) is 5.42. The number of unbranched alkanes of at least 4 members (excludes halogenated alkanes) is 1. The molecule has 3 rings (SSSR count). The number of aliphatic imine (C=N–C) groups is 1. The number of hydrogen-bond donors (Lipinski definition) is 1. The van der Waals surface area contributed by atoms with Gasteiger partial charge in [-0.25, -0.2) is 9.98 Å². The van der Waals surface area contributed by atoms with Gasteiger partial charge in [0.25, 0.3) is 5.91 Å². The minimum Gasteiger partial charge on any atom is -0.477 e. The summed E-state index contributed by atoms with van der Waals surface area (Å²) in [5, 5.41) is 3.38. The Kier molecular flexibility index (Phi) is 11.3. The van der Waals surface area contributed by atoms with Gasteiger partial charge in [0, 0.05) is 51.1 Å². The Labute approximate surface area is 202 Å². The summed E-state index contributed by atoms with van der Waals surface area (Å²) in [5.41, 5.74) is 0.983. The molecule has 0 bridgehead atoms. The van der Waals surface area contributed by atoms with Crippen molar-refractivity contribution in [2.75, 3.05) is 45.9 Å². The number of piperazine rings is 1. The van der Waals surface area contributed by atoms with Gasteiger partial charge in [0.1, 0.15) is 6.10 Å². The lowest BCUT2D eigenvalue weighted by Crippen LogP contribution is -2.55. The third kappa shape index (κ3) is 7.48. The van der Waals surface area contributed by atoms with Crippen LogP contribution >= 0.6 is 24.0 Å². The number of carbonyl (C=O) groups excluding carboxylic acids is 1. The Morgan fingerprint density at radius 1 is 1.29 bits per heavy atom. The summed E-state index contributed by atoms with van der Waals surface area (Å²) in [7, 11) is 0. The largest absolute Gasteiger partial charge is 0.477 e. The second-order valence-corrected chi connectivity index (χ2v) is 7.65. The van der Waals surface area contributed by atoms with Crippen LogP contribution in [0.4, 0.5) is 0 Å².